The van der Waals surface area contributed by atoms with Crippen molar-refractivity contribution in [2.45, 2.75) is 0 Å². The maximum absolute atomic E-state index is 12.1. The van der Waals surface area contributed by atoms with Crippen molar-refractivity contribution in [2.75, 3.05) is 7.11 Å². The number of hydrogen-bond acceptors (Lipinski definition) is 3. The van der Waals surface area contributed by atoms with Gasteiger partial charge in [-0.25, -0.2) is 0 Å². The molecule has 1 aromatic heterocycles. The van der Waals surface area contributed by atoms with Crippen molar-refractivity contribution >= 4 is 40.6 Å². The Morgan fingerprint density at radius 1 is 1.17 bits per heavy atom. The first-order valence-corrected chi connectivity index (χ1v) is 5.99. The van der Waals surface area contributed by atoms with Gasteiger partial charge in [0, 0.05) is 11.6 Å². The highest BCUT2D eigenvalue weighted by Gasteiger charge is 2.18. The van der Waals surface area contributed by atoms with E-state index in [9.17, 15) is 4.79 Å². The Morgan fingerprint density at radius 2 is 1.89 bits per heavy atom. The van der Waals surface area contributed by atoms with Crippen LogP contribution in [0.25, 0.3) is 0 Å². The van der Waals surface area contributed by atoms with E-state index in [-0.39, 0.29) is 21.6 Å². The molecule has 94 valence electrons. The number of halogens is 3. The normalized spacial score (nSPS) is 10.4. The summed E-state index contributed by atoms with van der Waals surface area (Å²) in [6.45, 7) is 0. The lowest BCUT2D eigenvalue weighted by atomic mass is 10.1. The summed E-state index contributed by atoms with van der Waals surface area (Å²) >= 11 is 17.6. The van der Waals surface area contributed by atoms with Crippen molar-refractivity contribution in [1.82, 2.24) is 0 Å². The first-order chi connectivity index (χ1) is 8.52. The molecular formula is C12H7Cl3O3. The number of furan rings is 1. The van der Waals surface area contributed by atoms with Gasteiger partial charge in [-0.2, -0.15) is 0 Å². The summed E-state index contributed by atoms with van der Waals surface area (Å²) < 4.78 is 10.0. The van der Waals surface area contributed by atoms with Gasteiger partial charge in [-0.1, -0.05) is 23.2 Å². The van der Waals surface area contributed by atoms with Crippen LogP contribution in [0.1, 0.15) is 16.1 Å². The molecule has 0 amide bonds. The van der Waals surface area contributed by atoms with Crippen LogP contribution in [0.5, 0.6) is 5.75 Å². The fourth-order valence-electron chi connectivity index (χ4n) is 1.43. The summed E-state index contributed by atoms with van der Waals surface area (Å²) in [4.78, 5) is 12.1. The summed E-state index contributed by atoms with van der Waals surface area (Å²) in [6.07, 6.45) is 0. The van der Waals surface area contributed by atoms with Gasteiger partial charge in [0.25, 0.3) is 0 Å². The minimum Gasteiger partial charge on any atom is -0.495 e. The molecule has 0 saturated heterocycles. The first kappa shape index (κ1) is 13.3. The second-order valence-corrected chi connectivity index (χ2v) is 4.59. The summed E-state index contributed by atoms with van der Waals surface area (Å²) in [7, 11) is 1.46. The zero-order chi connectivity index (χ0) is 13.3. The number of hydrogen-bond donors (Lipinski definition) is 0. The molecule has 0 aliphatic heterocycles. The molecule has 0 N–H and O–H groups in total. The molecule has 6 heteroatoms. The van der Waals surface area contributed by atoms with E-state index >= 15 is 0 Å². The van der Waals surface area contributed by atoms with Gasteiger partial charge in [0.2, 0.25) is 5.78 Å². The van der Waals surface area contributed by atoms with Crippen LogP contribution < -0.4 is 4.74 Å². The minimum absolute atomic E-state index is 0.100. The summed E-state index contributed by atoms with van der Waals surface area (Å²) in [5, 5.41) is 0.658. The third-order valence-electron chi connectivity index (χ3n) is 2.28. The molecule has 3 nitrogen and oxygen atoms in total. The van der Waals surface area contributed by atoms with Crippen LogP contribution >= 0.6 is 34.8 Å². The smallest absolute Gasteiger partial charge is 0.229 e. The molecule has 1 aromatic carbocycles. The molecule has 0 atom stereocenters. The lowest BCUT2D eigenvalue weighted by Gasteiger charge is -2.07. The first-order valence-electron chi connectivity index (χ1n) is 4.86. The molecule has 0 unspecified atom stereocenters. The predicted octanol–water partition coefficient (Wildman–Crippen LogP) is 4.48. The van der Waals surface area contributed by atoms with Crippen LogP contribution in [0.15, 0.2) is 28.7 Å². The third-order valence-corrected chi connectivity index (χ3v) is 3.09. The fraction of sp³-hybridized carbons (Fsp3) is 0.0833. The van der Waals surface area contributed by atoms with Crippen LogP contribution in [0, 0.1) is 0 Å². The molecule has 0 spiro atoms. The quantitative estimate of drug-likeness (QED) is 0.785. The number of methoxy groups -OCH3 is 1. The zero-order valence-electron chi connectivity index (χ0n) is 9.17. The molecule has 0 aliphatic carbocycles. The molecule has 2 aromatic rings. The number of rotatable bonds is 3. The maximum atomic E-state index is 12.1. The molecule has 0 fully saturated rings. The monoisotopic (exact) mass is 304 g/mol. The van der Waals surface area contributed by atoms with Crippen molar-refractivity contribution < 1.29 is 13.9 Å². The number of carbonyl (C=O) groups excluding carboxylic acids is 1. The lowest BCUT2D eigenvalue weighted by molar-refractivity contribution is 0.101. The highest BCUT2D eigenvalue weighted by Crippen LogP contribution is 2.32. The van der Waals surface area contributed by atoms with E-state index < -0.39 is 5.78 Å². The standard InChI is InChI=1S/C12H7Cl3O3/c1-17-10-5-7(13)6(4-8(10)14)12(16)9-2-3-11(15)18-9/h2-5H,1H3. The van der Waals surface area contributed by atoms with Crippen LogP contribution in [-0.2, 0) is 0 Å². The van der Waals surface area contributed by atoms with Gasteiger partial charge in [-0.05, 0) is 29.8 Å². The number of benzene rings is 1. The van der Waals surface area contributed by atoms with Crippen molar-refractivity contribution in [3.05, 3.63) is 50.9 Å². The Kier molecular flexibility index (Phi) is 3.85. The highest BCUT2D eigenvalue weighted by atomic mass is 35.5. The summed E-state index contributed by atoms with van der Waals surface area (Å²) in [6, 6.07) is 5.86. The third kappa shape index (κ3) is 2.48. The van der Waals surface area contributed by atoms with Crippen molar-refractivity contribution in [1.29, 1.82) is 0 Å². The number of ketones is 1. The molecule has 0 aliphatic rings. The van der Waals surface area contributed by atoms with E-state index in [1.54, 1.807) is 0 Å². The Labute approximate surface area is 118 Å². The highest BCUT2D eigenvalue weighted by molar-refractivity contribution is 6.37. The van der Waals surface area contributed by atoms with Crippen LogP contribution in [0.2, 0.25) is 15.3 Å². The molecule has 1 heterocycles. The molecule has 2 rings (SSSR count). The van der Waals surface area contributed by atoms with E-state index in [2.05, 4.69) is 0 Å². The maximum Gasteiger partial charge on any atom is 0.229 e. The van der Waals surface area contributed by atoms with E-state index in [1.165, 1.54) is 31.4 Å². The fourth-order valence-corrected chi connectivity index (χ4v) is 2.05. The van der Waals surface area contributed by atoms with Crippen molar-refractivity contribution in [3.63, 3.8) is 0 Å². The van der Waals surface area contributed by atoms with Gasteiger partial charge >= 0.3 is 0 Å². The molecule has 0 saturated carbocycles. The minimum atomic E-state index is -0.392. The van der Waals surface area contributed by atoms with Gasteiger partial charge in [-0.15, -0.1) is 0 Å². The number of ether oxygens (including phenoxy) is 1. The van der Waals surface area contributed by atoms with Crippen LogP contribution in [-0.4, -0.2) is 12.9 Å². The summed E-state index contributed by atoms with van der Waals surface area (Å²) in [5.74, 6) is 0.107. The summed E-state index contributed by atoms with van der Waals surface area (Å²) in [5.41, 5.74) is 0.230. The zero-order valence-corrected chi connectivity index (χ0v) is 11.4. The van der Waals surface area contributed by atoms with Gasteiger partial charge in [0.15, 0.2) is 11.0 Å². The van der Waals surface area contributed by atoms with Crippen LogP contribution in [0.4, 0.5) is 0 Å². The van der Waals surface area contributed by atoms with Gasteiger partial charge in [0.1, 0.15) is 5.75 Å². The second kappa shape index (κ2) is 5.22. The Balaban J connectivity index is 2.45. The van der Waals surface area contributed by atoms with E-state index in [1.807, 2.05) is 0 Å². The van der Waals surface area contributed by atoms with E-state index in [0.717, 1.165) is 0 Å². The SMILES string of the molecule is COc1cc(Cl)c(C(=O)c2ccc(Cl)o2)cc1Cl. The van der Waals surface area contributed by atoms with Gasteiger partial charge in [-0.3, -0.25) is 4.79 Å². The molecular weight excluding hydrogens is 298 g/mol. The molecule has 0 radical (unpaired) electrons. The largest absolute Gasteiger partial charge is 0.495 e. The Morgan fingerprint density at radius 3 is 2.44 bits per heavy atom. The topological polar surface area (TPSA) is 39.4 Å². The second-order valence-electron chi connectivity index (χ2n) is 3.40. The Bertz CT molecular complexity index is 605. The Hall–Kier alpha value is -1.16. The van der Waals surface area contributed by atoms with Crippen molar-refractivity contribution in [3.8, 4) is 5.75 Å². The molecule has 0 bridgehead atoms. The number of carbonyl (C=O) groups is 1. The average molecular weight is 306 g/mol. The average Bonchev–Trinajstić information content (AvgIpc) is 2.77. The van der Waals surface area contributed by atoms with E-state index in [4.69, 9.17) is 44.0 Å². The van der Waals surface area contributed by atoms with Gasteiger partial charge < -0.3 is 9.15 Å². The van der Waals surface area contributed by atoms with Crippen molar-refractivity contribution in [2.24, 2.45) is 0 Å². The van der Waals surface area contributed by atoms with Gasteiger partial charge in [0.05, 0.1) is 17.2 Å². The van der Waals surface area contributed by atoms with Crippen LogP contribution in [0.3, 0.4) is 0 Å². The molecule has 18 heavy (non-hydrogen) atoms. The van der Waals surface area contributed by atoms with E-state index in [0.29, 0.717) is 10.8 Å². The predicted molar refractivity (Wildman–Crippen MR) is 70.2 cm³/mol. The lowest BCUT2D eigenvalue weighted by Crippen LogP contribution is -2.01.